The predicted molar refractivity (Wildman–Crippen MR) is 143 cm³/mol. The van der Waals surface area contributed by atoms with Crippen LogP contribution in [0.5, 0.6) is 0 Å². The quantitative estimate of drug-likeness (QED) is 0.400. The lowest BCUT2D eigenvalue weighted by atomic mass is 9.43. The summed E-state index contributed by atoms with van der Waals surface area (Å²) in [6.07, 6.45) is 0. The van der Waals surface area contributed by atoms with Crippen molar-refractivity contribution in [2.75, 3.05) is 16.4 Å². The third-order valence-corrected chi connectivity index (χ3v) is 9.28. The van der Waals surface area contributed by atoms with Crippen molar-refractivity contribution >= 4 is 64.2 Å². The average Bonchev–Trinajstić information content (AvgIpc) is 3.30. The van der Waals surface area contributed by atoms with Crippen molar-refractivity contribution in [1.29, 1.82) is 0 Å². The highest BCUT2D eigenvalue weighted by Crippen LogP contribution is 2.68. The van der Waals surface area contributed by atoms with Gasteiger partial charge in [0, 0.05) is 27.0 Å². The van der Waals surface area contributed by atoms with Crippen molar-refractivity contribution in [3.63, 3.8) is 0 Å². The Labute approximate surface area is 234 Å². The van der Waals surface area contributed by atoms with Gasteiger partial charge in [0.25, 0.3) is 0 Å². The van der Waals surface area contributed by atoms with Crippen molar-refractivity contribution in [3.05, 3.63) is 69.7 Å². The maximum Gasteiger partial charge on any atom is 0.334 e. The van der Waals surface area contributed by atoms with Crippen LogP contribution < -0.4 is 9.80 Å². The number of allylic oxidation sites excluding steroid dienone is 1. The van der Waals surface area contributed by atoms with E-state index in [9.17, 15) is 24.0 Å². The predicted octanol–water partition coefficient (Wildman–Crippen LogP) is 4.43. The minimum atomic E-state index is -1.47. The van der Waals surface area contributed by atoms with E-state index in [4.69, 9.17) is 27.9 Å². The minimum Gasteiger partial charge on any atom is -0.463 e. The fourth-order valence-corrected chi connectivity index (χ4v) is 7.92. The molecule has 10 heteroatoms. The van der Waals surface area contributed by atoms with Gasteiger partial charge in [-0.3, -0.25) is 19.2 Å². The Morgan fingerprint density at radius 1 is 0.821 bits per heavy atom. The number of hydrogen-bond donors (Lipinski definition) is 0. The molecule has 4 amide bonds. The maximum atomic E-state index is 14.1. The van der Waals surface area contributed by atoms with Gasteiger partial charge in [0.1, 0.15) is 0 Å². The number of carbonyl (C=O) groups excluding carboxylic acids is 5. The summed E-state index contributed by atoms with van der Waals surface area (Å²) < 4.78 is 5.39. The molecule has 2 aromatic rings. The number of esters is 1. The lowest BCUT2D eigenvalue weighted by Gasteiger charge is -2.55. The van der Waals surface area contributed by atoms with E-state index in [1.54, 1.807) is 57.2 Å². The van der Waals surface area contributed by atoms with Gasteiger partial charge in [-0.2, -0.15) is 0 Å². The highest BCUT2D eigenvalue weighted by atomic mass is 35.5. The number of imide groups is 2. The van der Waals surface area contributed by atoms with Crippen LogP contribution in [0.25, 0.3) is 0 Å². The van der Waals surface area contributed by atoms with Crippen LogP contribution in [0.2, 0.25) is 10.0 Å². The first-order valence-corrected chi connectivity index (χ1v) is 13.4. The Bertz CT molecular complexity index is 1440. The van der Waals surface area contributed by atoms with Crippen LogP contribution in [-0.4, -0.2) is 36.2 Å². The number of rotatable bonds is 4. The molecule has 8 nitrogen and oxygen atoms in total. The number of halogens is 2. The summed E-state index contributed by atoms with van der Waals surface area (Å²) in [5, 5.41) is 0.691. The summed E-state index contributed by atoms with van der Waals surface area (Å²) >= 11 is 12.3. The van der Waals surface area contributed by atoms with Gasteiger partial charge in [0.15, 0.2) is 0 Å². The summed E-state index contributed by atoms with van der Waals surface area (Å²) in [6, 6.07) is 12.8. The second kappa shape index (κ2) is 8.76. The fraction of sp³-hybridized carbons (Fsp3) is 0.345. The molecule has 39 heavy (non-hydrogen) atoms. The molecule has 2 saturated heterocycles. The van der Waals surface area contributed by atoms with E-state index in [1.807, 2.05) is 0 Å². The number of carbonyl (C=O) groups is 5. The van der Waals surface area contributed by atoms with Gasteiger partial charge in [0.2, 0.25) is 23.6 Å². The van der Waals surface area contributed by atoms with E-state index in [0.717, 1.165) is 9.80 Å². The highest BCUT2D eigenvalue weighted by molar-refractivity contribution is 6.32. The van der Waals surface area contributed by atoms with Crippen LogP contribution in [0.4, 0.5) is 11.4 Å². The van der Waals surface area contributed by atoms with Crippen LogP contribution in [0.15, 0.2) is 59.7 Å². The fourth-order valence-electron chi connectivity index (χ4n) is 7.55. The SMILES string of the molecule is CCOC(=O)C1=C(C)C2[C@H]3C(=O)N(c4cccc(Cl)c4)C(=O)[C@H]3C1(C)[C@H]1C(=O)N(c3cccc(Cl)c3)C(=O)[C@H]21. The monoisotopic (exact) mass is 566 g/mol. The zero-order valence-corrected chi connectivity index (χ0v) is 22.8. The molecule has 2 aliphatic heterocycles. The molecule has 3 aliphatic carbocycles. The summed E-state index contributed by atoms with van der Waals surface area (Å²) in [5.41, 5.74) is -0.176. The first-order valence-electron chi connectivity index (χ1n) is 12.7. The third-order valence-electron chi connectivity index (χ3n) is 8.81. The molecule has 2 aromatic carbocycles. The molecule has 6 atom stereocenters. The third kappa shape index (κ3) is 3.28. The smallest absolute Gasteiger partial charge is 0.334 e. The van der Waals surface area contributed by atoms with Crippen molar-refractivity contribution < 1.29 is 28.7 Å². The first kappa shape index (κ1) is 25.8. The second-order valence-corrected chi connectivity index (χ2v) is 11.5. The van der Waals surface area contributed by atoms with Gasteiger partial charge in [-0.1, -0.05) is 47.8 Å². The lowest BCUT2D eigenvalue weighted by Crippen LogP contribution is -2.61. The van der Waals surface area contributed by atoms with Crippen LogP contribution in [0.1, 0.15) is 20.8 Å². The number of ether oxygens (including phenoxy) is 1. The largest absolute Gasteiger partial charge is 0.463 e. The standard InChI is InChI=1S/C29H24Cl2N2O6/c1-4-39-28(38)21-13(2)18-19-22(26(36)32(24(19)34)16-9-5-7-14(30)11-16)29(21,3)23-20(18)25(35)33(27(23)37)17-10-6-8-15(31)12-17/h5-12,18-20,22-23H,4H2,1-3H3/t18?,19-,20-,22-,23+,29?/m1/s1. The Balaban J connectivity index is 1.55. The Hall–Kier alpha value is -3.49. The van der Waals surface area contributed by atoms with Crippen LogP contribution in [0, 0.1) is 35.0 Å². The molecular weight excluding hydrogens is 543 g/mol. The topological polar surface area (TPSA) is 101 Å². The average molecular weight is 567 g/mol. The zero-order valence-electron chi connectivity index (χ0n) is 21.3. The van der Waals surface area contributed by atoms with Gasteiger partial charge in [-0.25, -0.2) is 14.6 Å². The van der Waals surface area contributed by atoms with Gasteiger partial charge in [-0.15, -0.1) is 0 Å². The van der Waals surface area contributed by atoms with E-state index < -0.39 is 64.6 Å². The second-order valence-electron chi connectivity index (χ2n) is 10.6. The number of benzene rings is 2. The molecule has 0 aromatic heterocycles. The van der Waals surface area contributed by atoms with Crippen molar-refractivity contribution in [2.45, 2.75) is 20.8 Å². The summed E-state index contributed by atoms with van der Waals surface area (Å²) in [7, 11) is 0. The molecule has 200 valence electrons. The number of nitrogens with zero attached hydrogens (tertiary/aromatic N) is 2. The normalized spacial score (nSPS) is 31.3. The molecule has 0 radical (unpaired) electrons. The number of anilines is 2. The Morgan fingerprint density at radius 2 is 1.28 bits per heavy atom. The van der Waals surface area contributed by atoms with Gasteiger partial charge in [0.05, 0.1) is 41.7 Å². The molecule has 2 bridgehead atoms. The first-order chi connectivity index (χ1) is 18.5. The van der Waals surface area contributed by atoms with Crippen LogP contribution in [0.3, 0.4) is 0 Å². The molecule has 2 heterocycles. The van der Waals surface area contributed by atoms with E-state index in [0.29, 0.717) is 27.0 Å². The summed E-state index contributed by atoms with van der Waals surface area (Å²) in [5.74, 6) is -7.48. The highest BCUT2D eigenvalue weighted by Gasteiger charge is 2.77. The molecule has 3 fully saturated rings. The Morgan fingerprint density at radius 3 is 1.69 bits per heavy atom. The lowest BCUT2D eigenvalue weighted by molar-refractivity contribution is -0.155. The van der Waals surface area contributed by atoms with Crippen molar-refractivity contribution in [2.24, 2.45) is 35.0 Å². The van der Waals surface area contributed by atoms with Crippen LogP contribution in [-0.2, 0) is 28.7 Å². The molecule has 2 unspecified atom stereocenters. The van der Waals surface area contributed by atoms with E-state index in [-0.39, 0.29) is 12.2 Å². The summed E-state index contributed by atoms with van der Waals surface area (Å²) in [4.78, 5) is 71.8. The molecule has 0 N–H and O–H groups in total. The number of amides is 4. The van der Waals surface area contributed by atoms with Gasteiger partial charge < -0.3 is 4.74 Å². The minimum absolute atomic E-state index is 0.0849. The molecule has 5 aliphatic rings. The Kier molecular flexibility index (Phi) is 5.79. The number of hydrogen-bond acceptors (Lipinski definition) is 6. The van der Waals surface area contributed by atoms with Gasteiger partial charge in [-0.05, 0) is 50.2 Å². The molecule has 1 saturated carbocycles. The van der Waals surface area contributed by atoms with E-state index >= 15 is 0 Å². The van der Waals surface area contributed by atoms with Gasteiger partial charge >= 0.3 is 5.97 Å². The molecular formula is C29H24Cl2N2O6. The van der Waals surface area contributed by atoms with Crippen molar-refractivity contribution in [1.82, 2.24) is 0 Å². The van der Waals surface area contributed by atoms with E-state index in [1.165, 1.54) is 12.1 Å². The maximum absolute atomic E-state index is 14.1. The van der Waals surface area contributed by atoms with Crippen molar-refractivity contribution in [3.8, 4) is 0 Å². The molecule has 7 rings (SSSR count). The zero-order chi connectivity index (χ0) is 28.0. The van der Waals surface area contributed by atoms with E-state index in [2.05, 4.69) is 0 Å². The summed E-state index contributed by atoms with van der Waals surface area (Å²) in [6.45, 7) is 5.09. The molecule has 0 spiro atoms. The van der Waals surface area contributed by atoms with Crippen LogP contribution >= 0.6 is 23.2 Å².